The van der Waals surface area contributed by atoms with Gasteiger partial charge < -0.3 is 0 Å². The van der Waals surface area contributed by atoms with Crippen molar-refractivity contribution < 1.29 is 22.4 Å². The Morgan fingerprint density at radius 2 is 1.62 bits per heavy atom. The van der Waals surface area contributed by atoms with Crippen molar-refractivity contribution in [3.05, 3.63) is 29.1 Å². The van der Waals surface area contributed by atoms with Gasteiger partial charge in [0.2, 0.25) is 11.8 Å². The second-order valence-electron chi connectivity index (χ2n) is 2.25. The van der Waals surface area contributed by atoms with E-state index in [1.54, 1.807) is 0 Å². The maximum atomic E-state index is 12.7. The van der Waals surface area contributed by atoms with Crippen molar-refractivity contribution in [1.82, 2.24) is 4.98 Å². The molecular weight excluding hydrogens is 190 g/mol. The number of pyridine rings is 1. The number of carbonyl (C=O) groups is 1. The van der Waals surface area contributed by atoms with E-state index in [0.29, 0.717) is 0 Å². The molecule has 1 heterocycles. The molecule has 0 spiro atoms. The van der Waals surface area contributed by atoms with Gasteiger partial charge in [-0.2, -0.15) is 18.2 Å². The lowest BCUT2D eigenvalue weighted by atomic mass is 10.2. The highest BCUT2D eigenvalue weighted by Gasteiger charge is 2.23. The zero-order chi connectivity index (χ0) is 10.2. The monoisotopic (exact) mass is 193 g/mol. The van der Waals surface area contributed by atoms with Crippen LogP contribution < -0.4 is 0 Å². The average molecular weight is 193 g/mol. The fourth-order valence-corrected chi connectivity index (χ4v) is 0.782. The Bertz CT molecular complexity index is 377. The third-order valence-corrected chi connectivity index (χ3v) is 1.35. The molecule has 70 valence electrons. The summed E-state index contributed by atoms with van der Waals surface area (Å²) in [4.78, 5) is 12.9. The Hall–Kier alpha value is -1.46. The van der Waals surface area contributed by atoms with Crippen LogP contribution in [0.3, 0.4) is 0 Å². The number of rotatable bonds is 1. The highest BCUT2D eigenvalue weighted by molar-refractivity contribution is 5.94. The van der Waals surface area contributed by atoms with E-state index in [2.05, 4.69) is 4.98 Å². The molecule has 0 saturated heterocycles. The molecule has 1 aromatic heterocycles. The van der Waals surface area contributed by atoms with Crippen LogP contribution in [-0.4, -0.2) is 10.8 Å². The van der Waals surface area contributed by atoms with Gasteiger partial charge in [-0.15, -0.1) is 0 Å². The average Bonchev–Trinajstić information content (AvgIpc) is 1.99. The Morgan fingerprint density at radius 3 is 2.08 bits per heavy atom. The molecule has 0 saturated carbocycles. The number of halogens is 4. The molecule has 0 aliphatic heterocycles. The summed E-state index contributed by atoms with van der Waals surface area (Å²) in [5.74, 6) is -8.41. The first-order valence-electron chi connectivity index (χ1n) is 3.16. The summed E-state index contributed by atoms with van der Waals surface area (Å²) in [6.07, 6.45) is 0. The van der Waals surface area contributed by atoms with Crippen LogP contribution in [-0.2, 0) is 0 Å². The van der Waals surface area contributed by atoms with Crippen molar-refractivity contribution in [1.29, 1.82) is 0 Å². The van der Waals surface area contributed by atoms with Crippen molar-refractivity contribution in [2.24, 2.45) is 0 Å². The topological polar surface area (TPSA) is 30.0 Å². The number of hydrogen-bond acceptors (Lipinski definition) is 2. The SMILES string of the molecule is CC(=O)c1c(F)nc(F)c(F)c1F. The Balaban J connectivity index is 3.53. The minimum atomic E-state index is -1.95. The second kappa shape index (κ2) is 3.12. The molecular formula is C7H3F4NO. The maximum Gasteiger partial charge on any atom is 0.254 e. The van der Waals surface area contributed by atoms with E-state index in [1.807, 2.05) is 0 Å². The third kappa shape index (κ3) is 1.51. The molecule has 0 N–H and O–H groups in total. The molecule has 0 bridgehead atoms. The van der Waals surface area contributed by atoms with Crippen LogP contribution in [0.2, 0.25) is 0 Å². The van der Waals surface area contributed by atoms with E-state index in [9.17, 15) is 22.4 Å². The van der Waals surface area contributed by atoms with Gasteiger partial charge in [0.25, 0.3) is 5.95 Å². The molecule has 2 nitrogen and oxygen atoms in total. The first kappa shape index (κ1) is 9.63. The van der Waals surface area contributed by atoms with Gasteiger partial charge in [0.15, 0.2) is 11.6 Å². The van der Waals surface area contributed by atoms with Gasteiger partial charge in [-0.1, -0.05) is 0 Å². The van der Waals surface area contributed by atoms with E-state index in [0.717, 1.165) is 6.92 Å². The minimum Gasteiger partial charge on any atom is -0.294 e. The Labute approximate surface area is 70.2 Å². The number of Topliss-reactive ketones (excluding diaryl/α,β-unsaturated/α-hetero) is 1. The molecule has 0 unspecified atom stereocenters. The number of carbonyl (C=O) groups excluding carboxylic acids is 1. The molecule has 0 aromatic carbocycles. The lowest BCUT2D eigenvalue weighted by Crippen LogP contribution is -2.09. The predicted octanol–water partition coefficient (Wildman–Crippen LogP) is 1.84. The number of aromatic nitrogens is 1. The van der Waals surface area contributed by atoms with E-state index >= 15 is 0 Å². The second-order valence-corrected chi connectivity index (χ2v) is 2.25. The minimum absolute atomic E-state index is 0.820. The molecule has 6 heteroatoms. The van der Waals surface area contributed by atoms with Crippen LogP contribution >= 0.6 is 0 Å². The number of hydrogen-bond donors (Lipinski definition) is 0. The molecule has 1 aromatic rings. The van der Waals surface area contributed by atoms with Gasteiger partial charge in [-0.3, -0.25) is 4.79 Å². The fraction of sp³-hybridized carbons (Fsp3) is 0.143. The summed E-state index contributed by atoms with van der Waals surface area (Å²) < 4.78 is 49.8. The molecule has 0 fully saturated rings. The number of nitrogens with zero attached hydrogens (tertiary/aromatic N) is 1. The molecule has 0 amide bonds. The van der Waals surface area contributed by atoms with Crippen LogP contribution in [0, 0.1) is 23.5 Å². The highest BCUT2D eigenvalue weighted by Crippen LogP contribution is 2.16. The Morgan fingerprint density at radius 1 is 1.08 bits per heavy atom. The third-order valence-electron chi connectivity index (χ3n) is 1.35. The van der Waals surface area contributed by atoms with E-state index in [4.69, 9.17) is 0 Å². The van der Waals surface area contributed by atoms with Crippen LogP contribution in [0.5, 0.6) is 0 Å². The van der Waals surface area contributed by atoms with Gasteiger partial charge in [0.05, 0.1) is 0 Å². The van der Waals surface area contributed by atoms with Gasteiger partial charge in [-0.05, 0) is 6.92 Å². The molecule has 0 aliphatic rings. The van der Waals surface area contributed by atoms with Crippen LogP contribution in [0.1, 0.15) is 17.3 Å². The molecule has 1 rings (SSSR count). The van der Waals surface area contributed by atoms with Crippen molar-refractivity contribution in [3.8, 4) is 0 Å². The molecule has 0 atom stereocenters. The quantitative estimate of drug-likeness (QED) is 0.387. The van der Waals surface area contributed by atoms with E-state index in [-0.39, 0.29) is 0 Å². The molecule has 0 radical (unpaired) electrons. The van der Waals surface area contributed by atoms with Crippen molar-refractivity contribution >= 4 is 5.78 Å². The lowest BCUT2D eigenvalue weighted by molar-refractivity contribution is 0.100. The van der Waals surface area contributed by atoms with Crippen molar-refractivity contribution in [2.75, 3.05) is 0 Å². The lowest BCUT2D eigenvalue weighted by Gasteiger charge is -2.00. The summed E-state index contributed by atoms with van der Waals surface area (Å²) in [5.41, 5.74) is -1.17. The predicted molar refractivity (Wildman–Crippen MR) is 34.1 cm³/mol. The molecule has 0 aliphatic carbocycles. The summed E-state index contributed by atoms with van der Waals surface area (Å²) in [6, 6.07) is 0. The van der Waals surface area contributed by atoms with Crippen molar-refractivity contribution in [2.45, 2.75) is 6.92 Å². The summed E-state index contributed by atoms with van der Waals surface area (Å²) in [7, 11) is 0. The van der Waals surface area contributed by atoms with Gasteiger partial charge in [0.1, 0.15) is 5.56 Å². The zero-order valence-electron chi connectivity index (χ0n) is 6.37. The largest absolute Gasteiger partial charge is 0.294 e. The van der Waals surface area contributed by atoms with Crippen LogP contribution in [0.15, 0.2) is 0 Å². The summed E-state index contributed by atoms with van der Waals surface area (Å²) in [6.45, 7) is 0.820. The first-order chi connectivity index (χ1) is 5.95. The normalized spacial score (nSPS) is 10.2. The number of ketones is 1. The maximum absolute atomic E-state index is 12.7. The van der Waals surface area contributed by atoms with E-state index in [1.165, 1.54) is 0 Å². The van der Waals surface area contributed by atoms with Crippen LogP contribution in [0.4, 0.5) is 17.6 Å². The standard InChI is InChI=1S/C7H3F4NO/c1-2(13)3-4(8)5(9)7(11)12-6(3)10/h1H3. The highest BCUT2D eigenvalue weighted by atomic mass is 19.2. The van der Waals surface area contributed by atoms with Crippen molar-refractivity contribution in [3.63, 3.8) is 0 Å². The summed E-state index contributed by atoms with van der Waals surface area (Å²) in [5, 5.41) is 0. The van der Waals surface area contributed by atoms with Gasteiger partial charge in [0, 0.05) is 0 Å². The fourth-order valence-electron chi connectivity index (χ4n) is 0.782. The Kier molecular flexibility index (Phi) is 2.31. The van der Waals surface area contributed by atoms with Gasteiger partial charge >= 0.3 is 0 Å². The van der Waals surface area contributed by atoms with Crippen LogP contribution in [0.25, 0.3) is 0 Å². The smallest absolute Gasteiger partial charge is 0.254 e. The first-order valence-corrected chi connectivity index (χ1v) is 3.16. The van der Waals surface area contributed by atoms with Gasteiger partial charge in [-0.25, -0.2) is 4.39 Å². The molecule has 13 heavy (non-hydrogen) atoms. The summed E-state index contributed by atoms with van der Waals surface area (Å²) >= 11 is 0. The zero-order valence-corrected chi connectivity index (χ0v) is 6.37. The van der Waals surface area contributed by atoms with E-state index < -0.39 is 34.9 Å².